The van der Waals surface area contributed by atoms with Crippen molar-refractivity contribution in [2.45, 2.75) is 6.42 Å². The maximum Gasteiger partial charge on any atom is 0.254 e. The molecule has 6 heteroatoms. The van der Waals surface area contributed by atoms with Crippen molar-refractivity contribution in [3.8, 4) is 0 Å². The minimum absolute atomic E-state index is 0.0142. The molecule has 0 saturated carbocycles. The monoisotopic (exact) mass is 431 g/mol. The van der Waals surface area contributed by atoms with Gasteiger partial charge in [0.1, 0.15) is 11.6 Å². The first-order valence-electron chi connectivity index (χ1n) is 10.7. The third kappa shape index (κ3) is 4.08. The van der Waals surface area contributed by atoms with E-state index in [0.717, 1.165) is 27.7 Å². The predicted molar refractivity (Wildman–Crippen MR) is 122 cm³/mol. The lowest BCUT2D eigenvalue weighted by atomic mass is 10.0. The molecule has 3 aromatic carbocycles. The fourth-order valence-corrected chi connectivity index (χ4v) is 4.29. The molecule has 32 heavy (non-hydrogen) atoms. The van der Waals surface area contributed by atoms with Crippen LogP contribution < -0.4 is 4.90 Å². The van der Waals surface area contributed by atoms with Gasteiger partial charge >= 0.3 is 0 Å². The molecule has 1 N–H and O–H groups in total. The number of amides is 1. The molecule has 0 atom stereocenters. The number of hydrogen-bond donors (Lipinski definition) is 1. The molecule has 0 radical (unpaired) electrons. The summed E-state index contributed by atoms with van der Waals surface area (Å²) >= 11 is 0. The average Bonchev–Trinajstić information content (AvgIpc) is 3.22. The van der Waals surface area contributed by atoms with Gasteiger partial charge in [0.05, 0.1) is 0 Å². The highest BCUT2D eigenvalue weighted by molar-refractivity contribution is 5.98. The fourth-order valence-electron chi connectivity index (χ4n) is 4.29. The van der Waals surface area contributed by atoms with Crippen LogP contribution in [0.4, 0.5) is 14.5 Å². The highest BCUT2D eigenvalue weighted by atomic mass is 19.1. The number of rotatable bonds is 4. The molecular formula is C26H23F2N3O. The van der Waals surface area contributed by atoms with Gasteiger partial charge < -0.3 is 14.8 Å². The van der Waals surface area contributed by atoms with Crippen LogP contribution in [0.2, 0.25) is 0 Å². The topological polar surface area (TPSA) is 39.3 Å². The van der Waals surface area contributed by atoms with Gasteiger partial charge in [0.25, 0.3) is 5.91 Å². The molecule has 4 nitrogen and oxygen atoms in total. The van der Waals surface area contributed by atoms with Gasteiger partial charge in [0.2, 0.25) is 0 Å². The van der Waals surface area contributed by atoms with Crippen LogP contribution in [-0.2, 0) is 6.42 Å². The first-order valence-corrected chi connectivity index (χ1v) is 10.7. The van der Waals surface area contributed by atoms with Crippen molar-refractivity contribution in [3.63, 3.8) is 0 Å². The van der Waals surface area contributed by atoms with E-state index < -0.39 is 0 Å². The predicted octanol–water partition coefficient (Wildman–Crippen LogP) is 5.00. The molecule has 0 bridgehead atoms. The van der Waals surface area contributed by atoms with Gasteiger partial charge in [-0.3, -0.25) is 4.79 Å². The second-order valence-corrected chi connectivity index (χ2v) is 8.13. The lowest BCUT2D eigenvalue weighted by molar-refractivity contribution is 0.0747. The summed E-state index contributed by atoms with van der Waals surface area (Å²) in [5.74, 6) is -0.474. The molecule has 0 aliphatic carbocycles. The largest absolute Gasteiger partial charge is 0.368 e. The Hall–Kier alpha value is -3.67. The van der Waals surface area contributed by atoms with Crippen LogP contribution >= 0.6 is 0 Å². The molecule has 4 aromatic rings. The van der Waals surface area contributed by atoms with E-state index >= 15 is 0 Å². The summed E-state index contributed by atoms with van der Waals surface area (Å²) in [5.41, 5.74) is 4.69. The van der Waals surface area contributed by atoms with Crippen molar-refractivity contribution in [2.24, 2.45) is 0 Å². The smallest absolute Gasteiger partial charge is 0.254 e. The van der Waals surface area contributed by atoms with E-state index in [1.54, 1.807) is 24.3 Å². The Morgan fingerprint density at radius 3 is 2.19 bits per heavy atom. The number of carbonyl (C=O) groups excluding carboxylic acids is 1. The van der Waals surface area contributed by atoms with Gasteiger partial charge in [0.15, 0.2) is 0 Å². The molecule has 1 amide bonds. The molecule has 1 fully saturated rings. The number of nitrogens with one attached hydrogen (secondary N) is 1. The maximum atomic E-state index is 13.2. The lowest BCUT2D eigenvalue weighted by Gasteiger charge is -2.36. The van der Waals surface area contributed by atoms with Gasteiger partial charge in [0, 0.05) is 54.5 Å². The number of halogens is 2. The van der Waals surface area contributed by atoms with Crippen molar-refractivity contribution >= 4 is 22.5 Å². The standard InChI is InChI=1S/C26H23F2N3O/c27-21-4-1-18(2-5-21)15-20-17-29-25-16-19(3-10-24(20)25)26(32)31-13-11-30(12-14-31)23-8-6-22(28)7-9-23/h1-10,16-17,29H,11-15H2. The third-order valence-electron chi connectivity index (χ3n) is 6.08. The summed E-state index contributed by atoms with van der Waals surface area (Å²) < 4.78 is 26.3. The van der Waals surface area contributed by atoms with Gasteiger partial charge in [-0.15, -0.1) is 0 Å². The summed E-state index contributed by atoms with van der Waals surface area (Å²) in [5, 5.41) is 1.06. The third-order valence-corrected chi connectivity index (χ3v) is 6.08. The number of benzene rings is 3. The number of piperazine rings is 1. The Kier molecular flexibility index (Phi) is 5.35. The van der Waals surface area contributed by atoms with Crippen LogP contribution in [0, 0.1) is 11.6 Å². The van der Waals surface area contributed by atoms with Crippen molar-refractivity contribution in [1.29, 1.82) is 0 Å². The van der Waals surface area contributed by atoms with Crippen LogP contribution in [-0.4, -0.2) is 42.0 Å². The number of H-pyrrole nitrogens is 1. The summed E-state index contributed by atoms with van der Waals surface area (Å²) in [6, 6.07) is 18.7. The highest BCUT2D eigenvalue weighted by Crippen LogP contribution is 2.24. The number of hydrogen-bond acceptors (Lipinski definition) is 2. The minimum atomic E-state index is -0.247. The Morgan fingerprint density at radius 1 is 0.844 bits per heavy atom. The quantitative estimate of drug-likeness (QED) is 0.494. The summed E-state index contributed by atoms with van der Waals surface area (Å²) in [6.07, 6.45) is 2.64. The number of aromatic amines is 1. The number of fused-ring (bicyclic) bond motifs is 1. The molecule has 1 aliphatic rings. The highest BCUT2D eigenvalue weighted by Gasteiger charge is 2.23. The first-order chi connectivity index (χ1) is 15.6. The molecule has 1 aromatic heterocycles. The van der Waals surface area contributed by atoms with E-state index in [9.17, 15) is 13.6 Å². The Labute approximate surface area is 185 Å². The lowest BCUT2D eigenvalue weighted by Crippen LogP contribution is -2.48. The van der Waals surface area contributed by atoms with Gasteiger partial charge in [-0.1, -0.05) is 18.2 Å². The zero-order valence-corrected chi connectivity index (χ0v) is 17.5. The second kappa shape index (κ2) is 8.46. The molecule has 162 valence electrons. The van der Waals surface area contributed by atoms with E-state index in [1.807, 2.05) is 29.3 Å². The molecule has 1 saturated heterocycles. The van der Waals surface area contributed by atoms with E-state index in [-0.39, 0.29) is 17.5 Å². The zero-order valence-electron chi connectivity index (χ0n) is 17.5. The fraction of sp³-hybridized carbons (Fsp3) is 0.192. The van der Waals surface area contributed by atoms with Crippen LogP contribution in [0.3, 0.4) is 0 Å². The Balaban J connectivity index is 1.27. The Morgan fingerprint density at radius 2 is 1.50 bits per heavy atom. The molecule has 2 heterocycles. The number of aromatic nitrogens is 1. The molecule has 0 unspecified atom stereocenters. The van der Waals surface area contributed by atoms with Crippen LogP contribution in [0.5, 0.6) is 0 Å². The summed E-state index contributed by atoms with van der Waals surface area (Å²) in [6.45, 7) is 2.66. The molecule has 1 aliphatic heterocycles. The maximum absolute atomic E-state index is 13.2. The summed E-state index contributed by atoms with van der Waals surface area (Å²) in [4.78, 5) is 20.4. The molecule has 0 spiro atoms. The number of anilines is 1. The summed E-state index contributed by atoms with van der Waals surface area (Å²) in [7, 11) is 0. The normalized spacial score (nSPS) is 14.2. The van der Waals surface area contributed by atoms with E-state index in [0.29, 0.717) is 38.2 Å². The average molecular weight is 431 g/mol. The number of nitrogens with zero attached hydrogens (tertiary/aromatic N) is 2. The second-order valence-electron chi connectivity index (χ2n) is 8.13. The van der Waals surface area contributed by atoms with Crippen molar-refractivity contribution in [1.82, 2.24) is 9.88 Å². The zero-order chi connectivity index (χ0) is 22.1. The van der Waals surface area contributed by atoms with Crippen LogP contribution in [0.25, 0.3) is 10.9 Å². The number of carbonyl (C=O) groups is 1. The minimum Gasteiger partial charge on any atom is -0.368 e. The SMILES string of the molecule is O=C(c1ccc2c(Cc3ccc(F)cc3)c[nH]c2c1)N1CCN(c2ccc(F)cc2)CC1. The van der Waals surface area contributed by atoms with Crippen molar-refractivity contribution in [3.05, 3.63) is 101 Å². The Bertz CT molecular complexity index is 1240. The van der Waals surface area contributed by atoms with Gasteiger partial charge in [-0.2, -0.15) is 0 Å². The van der Waals surface area contributed by atoms with Crippen molar-refractivity contribution in [2.75, 3.05) is 31.1 Å². The van der Waals surface area contributed by atoms with E-state index in [4.69, 9.17) is 0 Å². The van der Waals surface area contributed by atoms with Crippen molar-refractivity contribution < 1.29 is 13.6 Å². The van der Waals surface area contributed by atoms with Crippen LogP contribution in [0.1, 0.15) is 21.5 Å². The molecular weight excluding hydrogens is 408 g/mol. The van der Waals surface area contributed by atoms with Gasteiger partial charge in [-0.05, 0) is 66.1 Å². The van der Waals surface area contributed by atoms with Crippen LogP contribution in [0.15, 0.2) is 72.9 Å². The van der Waals surface area contributed by atoms with E-state index in [1.165, 1.54) is 24.3 Å². The van der Waals surface area contributed by atoms with Gasteiger partial charge in [-0.25, -0.2) is 8.78 Å². The first kappa shape index (κ1) is 20.2. The van der Waals surface area contributed by atoms with E-state index in [2.05, 4.69) is 9.88 Å². The molecule has 5 rings (SSSR count).